The van der Waals surface area contributed by atoms with Gasteiger partial charge in [-0.25, -0.2) is 9.97 Å². The van der Waals surface area contributed by atoms with Gasteiger partial charge in [0.1, 0.15) is 11.3 Å². The molecule has 0 bridgehead atoms. The number of aromatic nitrogens is 2. The largest absolute Gasteiger partial charge is 0.353 e. The van der Waals surface area contributed by atoms with E-state index in [1.807, 2.05) is 0 Å². The van der Waals surface area contributed by atoms with Crippen LogP contribution in [0.4, 0.5) is 5.82 Å². The molecule has 5 heteroatoms. The van der Waals surface area contributed by atoms with Crippen molar-refractivity contribution < 1.29 is 0 Å². The predicted octanol–water partition coefficient (Wildman–Crippen LogP) is 1.69. The molecule has 0 fully saturated rings. The number of rotatable bonds is 5. The maximum Gasteiger partial charge on any atom is 0.151 e. The van der Waals surface area contributed by atoms with Crippen LogP contribution in [-0.2, 0) is 0 Å². The minimum atomic E-state index is 0.351. The maximum absolute atomic E-state index is 6.04. The predicted molar refractivity (Wildman–Crippen MR) is 63.2 cm³/mol. The summed E-state index contributed by atoms with van der Waals surface area (Å²) < 4.78 is 0. The van der Waals surface area contributed by atoms with Crippen molar-refractivity contribution in [2.75, 3.05) is 18.0 Å². The van der Waals surface area contributed by atoms with Gasteiger partial charge in [0.05, 0.1) is 6.20 Å². The molecule has 0 radical (unpaired) electrons. The molecule has 0 saturated heterocycles. The Bertz CT molecular complexity index is 303. The Labute approximate surface area is 95.5 Å². The summed E-state index contributed by atoms with van der Waals surface area (Å²) in [5, 5.41) is 0.586. The van der Waals surface area contributed by atoms with Crippen LogP contribution in [0.5, 0.6) is 0 Å². The van der Waals surface area contributed by atoms with Crippen LogP contribution < -0.4 is 10.6 Å². The summed E-state index contributed by atoms with van der Waals surface area (Å²) in [5.74, 6) is 0.787. The van der Waals surface area contributed by atoms with Crippen LogP contribution >= 0.6 is 11.6 Å². The van der Waals surface area contributed by atoms with Crippen molar-refractivity contribution in [3.05, 3.63) is 17.5 Å². The van der Waals surface area contributed by atoms with Crippen molar-refractivity contribution in [2.24, 2.45) is 5.73 Å². The van der Waals surface area contributed by atoms with Crippen molar-refractivity contribution in [3.8, 4) is 0 Å². The molecule has 1 heterocycles. The molecular formula is C10H17ClN4. The van der Waals surface area contributed by atoms with Crippen LogP contribution in [0, 0.1) is 0 Å². The third kappa shape index (κ3) is 3.32. The first kappa shape index (κ1) is 12.2. The number of hydrogen-bond donors (Lipinski definition) is 1. The highest BCUT2D eigenvalue weighted by Gasteiger charge is 2.14. The molecule has 0 aliphatic heterocycles. The van der Waals surface area contributed by atoms with E-state index < -0.39 is 0 Å². The average Bonchev–Trinajstić information content (AvgIpc) is 2.20. The number of halogens is 1. The minimum Gasteiger partial charge on any atom is -0.353 e. The summed E-state index contributed by atoms with van der Waals surface area (Å²) in [6.07, 6.45) is 4.05. The molecule has 0 atom stereocenters. The van der Waals surface area contributed by atoms with E-state index in [0.29, 0.717) is 17.6 Å². The number of anilines is 1. The third-order valence-corrected chi connectivity index (χ3v) is 2.41. The maximum atomic E-state index is 6.04. The van der Waals surface area contributed by atoms with Gasteiger partial charge in [-0.1, -0.05) is 11.6 Å². The standard InChI is InChI=1S/C10H17ClN4/c1-8(2)15(5-3-4-12)10-9(11)6-13-7-14-10/h6-8H,3-5,12H2,1-2H3. The number of nitrogens with zero attached hydrogens (tertiary/aromatic N) is 3. The summed E-state index contributed by atoms with van der Waals surface area (Å²) in [6.45, 7) is 5.75. The second-order valence-corrected chi connectivity index (χ2v) is 4.03. The summed E-state index contributed by atoms with van der Waals surface area (Å²) in [4.78, 5) is 10.2. The Morgan fingerprint density at radius 3 is 2.80 bits per heavy atom. The van der Waals surface area contributed by atoms with Crippen LogP contribution in [0.1, 0.15) is 20.3 Å². The van der Waals surface area contributed by atoms with Gasteiger partial charge in [-0.3, -0.25) is 0 Å². The molecule has 15 heavy (non-hydrogen) atoms. The Kier molecular flexibility index (Phi) is 4.78. The van der Waals surface area contributed by atoms with Crippen molar-refractivity contribution in [2.45, 2.75) is 26.3 Å². The molecule has 0 unspecified atom stereocenters. The second kappa shape index (κ2) is 5.88. The summed E-state index contributed by atoms with van der Waals surface area (Å²) in [6, 6.07) is 0.351. The van der Waals surface area contributed by atoms with Crippen LogP contribution in [0.15, 0.2) is 12.5 Å². The van der Waals surface area contributed by atoms with E-state index in [9.17, 15) is 0 Å². The average molecular weight is 229 g/mol. The zero-order valence-corrected chi connectivity index (χ0v) is 9.91. The first-order valence-corrected chi connectivity index (χ1v) is 5.46. The van der Waals surface area contributed by atoms with Gasteiger partial charge in [-0.15, -0.1) is 0 Å². The lowest BCUT2D eigenvalue weighted by molar-refractivity contribution is 0.648. The van der Waals surface area contributed by atoms with Gasteiger partial charge in [0.2, 0.25) is 0 Å². The fourth-order valence-electron chi connectivity index (χ4n) is 1.39. The molecule has 0 aromatic carbocycles. The van der Waals surface area contributed by atoms with E-state index >= 15 is 0 Å². The quantitative estimate of drug-likeness (QED) is 0.834. The highest BCUT2D eigenvalue weighted by atomic mass is 35.5. The van der Waals surface area contributed by atoms with Gasteiger partial charge in [0.15, 0.2) is 5.82 Å². The fourth-order valence-corrected chi connectivity index (χ4v) is 1.60. The van der Waals surface area contributed by atoms with Crippen LogP contribution in [0.25, 0.3) is 0 Å². The van der Waals surface area contributed by atoms with Gasteiger partial charge < -0.3 is 10.6 Å². The molecule has 1 rings (SSSR count). The number of hydrogen-bond acceptors (Lipinski definition) is 4. The highest BCUT2D eigenvalue weighted by Crippen LogP contribution is 2.23. The Morgan fingerprint density at radius 1 is 1.53 bits per heavy atom. The molecule has 4 nitrogen and oxygen atoms in total. The van der Waals surface area contributed by atoms with E-state index in [4.69, 9.17) is 17.3 Å². The topological polar surface area (TPSA) is 55.0 Å². The molecule has 2 N–H and O–H groups in total. The molecule has 1 aromatic rings. The van der Waals surface area contributed by atoms with E-state index in [1.54, 1.807) is 6.20 Å². The van der Waals surface area contributed by atoms with E-state index in [-0.39, 0.29) is 0 Å². The van der Waals surface area contributed by atoms with Gasteiger partial charge in [-0.2, -0.15) is 0 Å². The monoisotopic (exact) mass is 228 g/mol. The molecule has 84 valence electrons. The molecule has 0 saturated carbocycles. The Morgan fingerprint density at radius 2 is 2.27 bits per heavy atom. The lowest BCUT2D eigenvalue weighted by Gasteiger charge is -2.28. The van der Waals surface area contributed by atoms with Gasteiger partial charge in [0, 0.05) is 12.6 Å². The highest BCUT2D eigenvalue weighted by molar-refractivity contribution is 6.32. The van der Waals surface area contributed by atoms with Crippen molar-refractivity contribution in [1.82, 2.24) is 9.97 Å². The molecule has 1 aromatic heterocycles. The Hall–Kier alpha value is -0.870. The van der Waals surface area contributed by atoms with Crippen LogP contribution in [-0.4, -0.2) is 29.1 Å². The van der Waals surface area contributed by atoms with Crippen molar-refractivity contribution >= 4 is 17.4 Å². The van der Waals surface area contributed by atoms with E-state index in [2.05, 4.69) is 28.7 Å². The first-order valence-electron chi connectivity index (χ1n) is 5.09. The molecular weight excluding hydrogens is 212 g/mol. The van der Waals surface area contributed by atoms with Crippen LogP contribution in [0.3, 0.4) is 0 Å². The van der Waals surface area contributed by atoms with Gasteiger partial charge >= 0.3 is 0 Å². The third-order valence-electron chi connectivity index (χ3n) is 2.15. The van der Waals surface area contributed by atoms with Gasteiger partial charge in [-0.05, 0) is 26.8 Å². The SMILES string of the molecule is CC(C)N(CCCN)c1ncncc1Cl. The molecule has 0 spiro atoms. The molecule has 0 aliphatic rings. The lowest BCUT2D eigenvalue weighted by Crippen LogP contribution is -2.33. The Balaban J connectivity index is 2.84. The van der Waals surface area contributed by atoms with Crippen molar-refractivity contribution in [1.29, 1.82) is 0 Å². The van der Waals surface area contributed by atoms with Crippen molar-refractivity contribution in [3.63, 3.8) is 0 Å². The van der Waals surface area contributed by atoms with Crippen LogP contribution in [0.2, 0.25) is 5.02 Å². The normalized spacial score (nSPS) is 10.7. The van der Waals surface area contributed by atoms with Gasteiger partial charge in [0.25, 0.3) is 0 Å². The summed E-state index contributed by atoms with van der Waals surface area (Å²) in [5.41, 5.74) is 5.50. The first-order chi connectivity index (χ1) is 7.16. The number of nitrogens with two attached hydrogens (primary N) is 1. The second-order valence-electron chi connectivity index (χ2n) is 3.62. The minimum absolute atomic E-state index is 0.351. The fraction of sp³-hybridized carbons (Fsp3) is 0.600. The zero-order chi connectivity index (χ0) is 11.3. The van der Waals surface area contributed by atoms with E-state index in [1.165, 1.54) is 6.33 Å². The zero-order valence-electron chi connectivity index (χ0n) is 9.15. The molecule has 0 amide bonds. The summed E-state index contributed by atoms with van der Waals surface area (Å²) in [7, 11) is 0. The molecule has 0 aliphatic carbocycles. The van der Waals surface area contributed by atoms with E-state index in [0.717, 1.165) is 18.8 Å². The summed E-state index contributed by atoms with van der Waals surface area (Å²) >= 11 is 6.04. The smallest absolute Gasteiger partial charge is 0.151 e. The lowest BCUT2D eigenvalue weighted by atomic mass is 10.3.